The number of hydrogen-bond acceptors (Lipinski definition) is 7. The van der Waals surface area contributed by atoms with Gasteiger partial charge in [0.1, 0.15) is 0 Å². The van der Waals surface area contributed by atoms with Crippen LogP contribution in [0.1, 0.15) is 31.4 Å². The van der Waals surface area contributed by atoms with Crippen LogP contribution in [0, 0.1) is 11.3 Å². The van der Waals surface area contributed by atoms with Gasteiger partial charge in [-0.3, -0.25) is 4.99 Å². The zero-order chi connectivity index (χ0) is 19.3. The molecule has 1 aromatic rings. The van der Waals surface area contributed by atoms with Gasteiger partial charge in [-0.25, -0.2) is 4.79 Å². The van der Waals surface area contributed by atoms with E-state index in [0.717, 1.165) is 22.9 Å². The van der Waals surface area contributed by atoms with Gasteiger partial charge in [0, 0.05) is 12.1 Å². The van der Waals surface area contributed by atoms with Crippen LogP contribution >= 0.6 is 11.8 Å². The normalized spacial score (nSPS) is 16.4. The number of fused-ring (bicyclic) bond motifs is 1. The number of nitrogens with zero attached hydrogens (tertiary/aromatic N) is 2. The monoisotopic (exact) mass is 376 g/mol. The highest BCUT2D eigenvalue weighted by atomic mass is 32.2. The lowest BCUT2D eigenvalue weighted by molar-refractivity contribution is -0.147. The minimum absolute atomic E-state index is 0.267. The predicted molar refractivity (Wildman–Crippen MR) is 102 cm³/mol. The summed E-state index contributed by atoms with van der Waals surface area (Å²) >= 11 is 1.13. The fourth-order valence-corrected chi connectivity index (χ4v) is 3.47. The van der Waals surface area contributed by atoms with Crippen LogP contribution in [0.2, 0.25) is 0 Å². The lowest BCUT2D eigenvalue weighted by Gasteiger charge is -2.29. The molecule has 0 amide bonds. The molecule has 0 radical (unpaired) electrons. The number of hydrogen-bond donors (Lipinski definition) is 0. The second kappa shape index (κ2) is 8.45. The fraction of sp³-hybridized carbons (Fsp3) is 0.526. The second-order valence-corrected chi connectivity index (χ2v) is 6.99. The Morgan fingerprint density at radius 1 is 1.38 bits per heavy atom. The highest BCUT2D eigenvalue weighted by Crippen LogP contribution is 2.38. The van der Waals surface area contributed by atoms with Crippen LogP contribution in [0.4, 0.5) is 0 Å². The molecule has 7 heteroatoms. The molecule has 140 valence electrons. The highest BCUT2D eigenvalue weighted by Gasteiger charge is 2.48. The summed E-state index contributed by atoms with van der Waals surface area (Å²) in [5.74, 6) is 0.564. The number of rotatable bonds is 7. The number of carbonyl (C=O) groups is 1. The largest absolute Gasteiger partial charge is 0.493 e. The van der Waals surface area contributed by atoms with Gasteiger partial charge in [-0.05, 0) is 43.7 Å². The van der Waals surface area contributed by atoms with Crippen LogP contribution in [-0.4, -0.2) is 49.6 Å². The van der Waals surface area contributed by atoms with Crippen molar-refractivity contribution >= 4 is 23.4 Å². The molecule has 0 saturated carbocycles. The molecule has 0 N–H and O–H groups in total. The Morgan fingerprint density at radius 3 is 2.58 bits per heavy atom. The summed E-state index contributed by atoms with van der Waals surface area (Å²) in [6, 6.07) is 5.82. The molecule has 2 atom stereocenters. The van der Waals surface area contributed by atoms with Crippen molar-refractivity contribution in [1.29, 1.82) is 5.26 Å². The van der Waals surface area contributed by atoms with Crippen LogP contribution < -0.4 is 9.47 Å². The van der Waals surface area contributed by atoms with E-state index in [-0.39, 0.29) is 6.10 Å². The first-order valence-electron chi connectivity index (χ1n) is 8.45. The molecule has 0 fully saturated rings. The number of thioether (sulfide) groups is 1. The predicted octanol–water partition coefficient (Wildman–Crippen LogP) is 3.02. The van der Waals surface area contributed by atoms with E-state index in [1.807, 2.05) is 19.9 Å². The van der Waals surface area contributed by atoms with Gasteiger partial charge < -0.3 is 14.2 Å². The summed E-state index contributed by atoms with van der Waals surface area (Å²) in [5.41, 5.74) is 2.12. The van der Waals surface area contributed by atoms with E-state index >= 15 is 0 Å². The van der Waals surface area contributed by atoms with Crippen molar-refractivity contribution < 1.29 is 19.0 Å². The molecule has 1 heterocycles. The molecule has 26 heavy (non-hydrogen) atoms. The summed E-state index contributed by atoms with van der Waals surface area (Å²) in [7, 11) is 3.13. The number of methoxy groups -OCH3 is 2. The van der Waals surface area contributed by atoms with E-state index < -0.39 is 10.7 Å². The quantitative estimate of drug-likeness (QED) is 0.681. The lowest BCUT2D eigenvalue weighted by Crippen LogP contribution is -2.46. The second-order valence-electron chi connectivity index (χ2n) is 5.97. The fourth-order valence-electron chi connectivity index (χ4n) is 2.79. The van der Waals surface area contributed by atoms with Gasteiger partial charge in [0.25, 0.3) is 0 Å². The average molecular weight is 376 g/mol. The molecular formula is C19H24N2O4S. The molecule has 1 aliphatic rings. The minimum atomic E-state index is -1.52. The van der Waals surface area contributed by atoms with Crippen molar-refractivity contribution in [3.05, 3.63) is 23.3 Å². The van der Waals surface area contributed by atoms with Gasteiger partial charge >= 0.3 is 5.97 Å². The standard InChI is InChI=1S/C19H24N2O4S/c1-6-12(2)25-18(22)19(11-20,26-5)17-14-10-16(24-4)15(23-3)9-13(14)7-8-21-17/h9-10,12H,6-8H2,1-5H3. The number of benzene rings is 1. The number of aliphatic imine (C=N–C) groups is 1. The third kappa shape index (κ3) is 3.51. The Bertz CT molecular complexity index is 757. The van der Waals surface area contributed by atoms with Crippen molar-refractivity contribution in [1.82, 2.24) is 0 Å². The third-order valence-corrected chi connectivity index (χ3v) is 5.55. The smallest absolute Gasteiger partial charge is 0.343 e. The minimum Gasteiger partial charge on any atom is -0.493 e. The van der Waals surface area contributed by atoms with Crippen LogP contribution in [0.5, 0.6) is 11.5 Å². The van der Waals surface area contributed by atoms with Crippen molar-refractivity contribution in [3.63, 3.8) is 0 Å². The Kier molecular flexibility index (Phi) is 6.54. The van der Waals surface area contributed by atoms with Crippen LogP contribution in [0.15, 0.2) is 17.1 Å². The van der Waals surface area contributed by atoms with Gasteiger partial charge in [0.15, 0.2) is 11.5 Å². The zero-order valence-electron chi connectivity index (χ0n) is 15.8. The molecule has 0 spiro atoms. The van der Waals surface area contributed by atoms with Crippen LogP contribution in [0.3, 0.4) is 0 Å². The van der Waals surface area contributed by atoms with E-state index in [1.165, 1.54) is 0 Å². The topological polar surface area (TPSA) is 80.9 Å². The number of carbonyl (C=O) groups excluding carboxylic acids is 1. The first kappa shape index (κ1) is 20.1. The first-order chi connectivity index (χ1) is 12.5. The van der Waals surface area contributed by atoms with Crippen molar-refractivity contribution in [2.75, 3.05) is 27.0 Å². The molecule has 1 aliphatic heterocycles. The Morgan fingerprint density at radius 2 is 2.04 bits per heavy atom. The van der Waals surface area contributed by atoms with Crippen molar-refractivity contribution in [2.45, 2.75) is 37.5 Å². The van der Waals surface area contributed by atoms with Gasteiger partial charge in [0.2, 0.25) is 4.75 Å². The molecule has 2 unspecified atom stereocenters. The van der Waals surface area contributed by atoms with Crippen molar-refractivity contribution in [3.8, 4) is 17.6 Å². The van der Waals surface area contributed by atoms with Gasteiger partial charge in [-0.1, -0.05) is 6.92 Å². The van der Waals surface area contributed by atoms with E-state index in [9.17, 15) is 10.1 Å². The number of esters is 1. The molecule has 0 aromatic heterocycles. The SMILES string of the molecule is CCC(C)OC(=O)C(C#N)(SC)C1=NCCc2cc(OC)c(OC)cc21. The maximum Gasteiger partial charge on any atom is 0.343 e. The molecule has 6 nitrogen and oxygen atoms in total. The van der Waals surface area contributed by atoms with E-state index in [0.29, 0.717) is 36.6 Å². The summed E-state index contributed by atoms with van der Waals surface area (Å²) in [5, 5.41) is 9.93. The van der Waals surface area contributed by atoms with Crippen LogP contribution in [-0.2, 0) is 16.0 Å². The van der Waals surface area contributed by atoms with Crippen molar-refractivity contribution in [2.24, 2.45) is 4.99 Å². The van der Waals surface area contributed by atoms with Gasteiger partial charge in [0.05, 0.1) is 32.1 Å². The summed E-state index contributed by atoms with van der Waals surface area (Å²) in [4.78, 5) is 17.4. The molecule has 0 saturated heterocycles. The molecule has 0 bridgehead atoms. The summed E-state index contributed by atoms with van der Waals surface area (Å²) in [6.07, 6.45) is 2.83. The number of ether oxygens (including phenoxy) is 3. The van der Waals surface area contributed by atoms with Crippen LogP contribution in [0.25, 0.3) is 0 Å². The molecule has 0 aliphatic carbocycles. The lowest BCUT2D eigenvalue weighted by atomic mass is 9.89. The molecule has 2 rings (SSSR count). The first-order valence-corrected chi connectivity index (χ1v) is 9.67. The van der Waals surface area contributed by atoms with Gasteiger partial charge in [-0.15, -0.1) is 11.8 Å². The third-order valence-electron chi connectivity index (χ3n) is 4.48. The molecule has 1 aromatic carbocycles. The maximum absolute atomic E-state index is 12.9. The summed E-state index contributed by atoms with van der Waals surface area (Å²) < 4.78 is 14.7. The Hall–Kier alpha value is -2.20. The Balaban J connectivity index is 2.57. The van der Waals surface area contributed by atoms with E-state index in [2.05, 4.69) is 11.1 Å². The Labute approximate surface area is 158 Å². The van der Waals surface area contributed by atoms with E-state index in [1.54, 1.807) is 26.5 Å². The van der Waals surface area contributed by atoms with Gasteiger partial charge in [-0.2, -0.15) is 5.26 Å². The highest BCUT2D eigenvalue weighted by molar-refractivity contribution is 8.01. The average Bonchev–Trinajstić information content (AvgIpc) is 2.68. The number of nitriles is 1. The molecular weight excluding hydrogens is 352 g/mol. The maximum atomic E-state index is 12.9. The zero-order valence-corrected chi connectivity index (χ0v) is 16.6. The van der Waals surface area contributed by atoms with E-state index in [4.69, 9.17) is 14.2 Å². The summed E-state index contributed by atoms with van der Waals surface area (Å²) in [6.45, 7) is 4.24.